The van der Waals surface area contributed by atoms with Crippen LogP contribution in [0, 0.1) is 0 Å². The summed E-state index contributed by atoms with van der Waals surface area (Å²) in [6.45, 7) is 0.186. The highest BCUT2D eigenvalue weighted by molar-refractivity contribution is 7.86. The Morgan fingerprint density at radius 3 is 2.54 bits per heavy atom. The Bertz CT molecular complexity index is 1180. The molecule has 0 aliphatic carbocycles. The van der Waals surface area contributed by atoms with Crippen molar-refractivity contribution >= 4 is 27.9 Å². The van der Waals surface area contributed by atoms with Crippen LogP contribution >= 0.6 is 0 Å². The lowest BCUT2D eigenvalue weighted by atomic mass is 9.99. The lowest BCUT2D eigenvalue weighted by Gasteiger charge is -2.23. The number of hydrogen-bond acceptors (Lipinski definition) is 8. The highest BCUT2D eigenvalue weighted by Gasteiger charge is 2.30. The van der Waals surface area contributed by atoms with Gasteiger partial charge in [0.25, 0.3) is 5.91 Å². The molecule has 0 bridgehead atoms. The third-order valence-electron chi connectivity index (χ3n) is 5.29. The lowest BCUT2D eigenvalue weighted by Crippen LogP contribution is -2.52. The summed E-state index contributed by atoms with van der Waals surface area (Å²) >= 11 is 0. The minimum Gasteiger partial charge on any atom is -0.465 e. The molecule has 1 fully saturated rings. The second kappa shape index (κ2) is 11.3. The molecule has 3 rings (SSSR count). The molecule has 4 N–H and O–H groups in total. The fourth-order valence-corrected chi connectivity index (χ4v) is 4.04. The van der Waals surface area contributed by atoms with E-state index in [9.17, 15) is 27.9 Å². The maximum atomic E-state index is 13.0. The molecule has 1 aliphatic heterocycles. The van der Waals surface area contributed by atoms with Gasteiger partial charge in [-0.25, -0.2) is 4.79 Å². The van der Waals surface area contributed by atoms with Gasteiger partial charge in [-0.2, -0.15) is 8.42 Å². The van der Waals surface area contributed by atoms with Crippen molar-refractivity contribution in [2.75, 3.05) is 32.5 Å². The number of amides is 2. The third kappa shape index (κ3) is 7.25. The summed E-state index contributed by atoms with van der Waals surface area (Å²) in [5.41, 5.74) is 7.45. The normalized spacial score (nSPS) is 17.2. The second-order valence-corrected chi connectivity index (χ2v) is 9.57. The van der Waals surface area contributed by atoms with Gasteiger partial charge in [0.15, 0.2) is 11.9 Å². The summed E-state index contributed by atoms with van der Waals surface area (Å²) in [4.78, 5) is 38.0. The van der Waals surface area contributed by atoms with Crippen molar-refractivity contribution in [3.63, 3.8) is 0 Å². The van der Waals surface area contributed by atoms with E-state index in [0.29, 0.717) is 17.5 Å². The first-order valence-electron chi connectivity index (χ1n) is 10.8. The first-order valence-corrected chi connectivity index (χ1v) is 12.6. The minimum atomic E-state index is -3.67. The van der Waals surface area contributed by atoms with Gasteiger partial charge in [-0.3, -0.25) is 9.59 Å². The van der Waals surface area contributed by atoms with Crippen LogP contribution < -0.4 is 15.2 Å². The fraction of sp³-hybridized carbons (Fsp3) is 0.348. The number of carbonyl (C=O) groups excluding carboxylic acids is 2. The Balaban J connectivity index is 1.69. The zero-order chi connectivity index (χ0) is 25.6. The Morgan fingerprint density at radius 2 is 1.91 bits per heavy atom. The number of Topliss-reactive ketones (excluding diaryl/α,β-unsaturated/α-hetero) is 1. The van der Waals surface area contributed by atoms with Gasteiger partial charge in [0.2, 0.25) is 0 Å². The maximum absolute atomic E-state index is 13.0. The number of nitrogens with one attached hydrogen (secondary N) is 1. The van der Waals surface area contributed by atoms with E-state index in [1.165, 1.54) is 6.07 Å². The molecular formula is C23H27N3O8S. The molecule has 11 nitrogen and oxygen atoms in total. The quantitative estimate of drug-likeness (QED) is 0.352. The van der Waals surface area contributed by atoms with Crippen LogP contribution in [0.2, 0.25) is 0 Å². The largest absolute Gasteiger partial charge is 0.465 e. The number of ether oxygens (including phenoxy) is 1. The molecule has 35 heavy (non-hydrogen) atoms. The highest BCUT2D eigenvalue weighted by Crippen LogP contribution is 2.25. The molecule has 2 amide bonds. The first kappa shape index (κ1) is 26.1. The molecule has 188 valence electrons. The average Bonchev–Trinajstić information content (AvgIpc) is 3.08. The molecule has 0 aromatic heterocycles. The summed E-state index contributed by atoms with van der Waals surface area (Å²) < 4.78 is 33.1. The molecule has 2 aromatic carbocycles. The van der Waals surface area contributed by atoms with Crippen molar-refractivity contribution in [2.45, 2.75) is 18.6 Å². The van der Waals surface area contributed by atoms with Gasteiger partial charge in [-0.05, 0) is 29.7 Å². The Morgan fingerprint density at radius 1 is 1.20 bits per heavy atom. The van der Waals surface area contributed by atoms with Crippen molar-refractivity contribution in [2.24, 2.45) is 5.73 Å². The number of benzene rings is 2. The predicted molar refractivity (Wildman–Crippen MR) is 127 cm³/mol. The van der Waals surface area contributed by atoms with E-state index in [1.807, 2.05) is 0 Å². The molecule has 0 spiro atoms. The molecule has 0 saturated carbocycles. The van der Waals surface area contributed by atoms with E-state index in [4.69, 9.17) is 14.7 Å². The van der Waals surface area contributed by atoms with Crippen LogP contribution in [0.15, 0.2) is 48.5 Å². The van der Waals surface area contributed by atoms with Crippen LogP contribution in [-0.4, -0.2) is 80.9 Å². The summed E-state index contributed by atoms with van der Waals surface area (Å²) in [6, 6.07) is 12.0. The number of nitrogens with zero attached hydrogens (tertiary/aromatic N) is 1. The number of carboxylic acid groups (broad SMARTS) is 1. The molecule has 12 heteroatoms. The van der Waals surface area contributed by atoms with E-state index < -0.39 is 40.0 Å². The van der Waals surface area contributed by atoms with Crippen LogP contribution in [-0.2, 0) is 19.6 Å². The monoisotopic (exact) mass is 505 g/mol. The molecule has 1 saturated heterocycles. The van der Waals surface area contributed by atoms with Gasteiger partial charge in [0.1, 0.15) is 11.8 Å². The molecule has 2 aromatic rings. The number of rotatable bonds is 8. The number of hydrogen-bond donors (Lipinski definition) is 3. The van der Waals surface area contributed by atoms with Gasteiger partial charge in [0, 0.05) is 25.3 Å². The molecule has 0 radical (unpaired) electrons. The summed E-state index contributed by atoms with van der Waals surface area (Å²) in [7, 11) is -3.67. The van der Waals surface area contributed by atoms with Gasteiger partial charge < -0.3 is 30.0 Å². The molecule has 1 unspecified atom stereocenters. The number of ketones is 1. The SMILES string of the molecule is CS(=O)(=O)Oc1cccc(-c2ccc(C(=O)C(CN)NC(=O)[C@@H]3CN(C(=O)O)CCCO3)cc2)c1. The van der Waals surface area contributed by atoms with Crippen LogP contribution in [0.1, 0.15) is 16.8 Å². The zero-order valence-corrected chi connectivity index (χ0v) is 19.9. The Hall–Kier alpha value is -3.48. The Labute approximate surface area is 202 Å². The Kier molecular flexibility index (Phi) is 8.43. The molecular weight excluding hydrogens is 478 g/mol. The molecule has 1 heterocycles. The lowest BCUT2D eigenvalue weighted by molar-refractivity contribution is -0.133. The van der Waals surface area contributed by atoms with Crippen LogP contribution in [0.4, 0.5) is 4.79 Å². The van der Waals surface area contributed by atoms with Gasteiger partial charge in [0.05, 0.1) is 12.8 Å². The number of nitrogens with two attached hydrogens (primary N) is 1. The minimum absolute atomic E-state index is 0.135. The summed E-state index contributed by atoms with van der Waals surface area (Å²) in [5.74, 6) is -0.857. The summed E-state index contributed by atoms with van der Waals surface area (Å²) in [6.07, 6.45) is -0.769. The van der Waals surface area contributed by atoms with E-state index >= 15 is 0 Å². The van der Waals surface area contributed by atoms with Crippen molar-refractivity contribution in [1.82, 2.24) is 10.2 Å². The predicted octanol–water partition coefficient (Wildman–Crippen LogP) is 1.09. The first-order chi connectivity index (χ1) is 16.6. The van der Waals surface area contributed by atoms with Gasteiger partial charge >= 0.3 is 16.2 Å². The molecule has 1 aliphatic rings. The van der Waals surface area contributed by atoms with Crippen molar-refractivity contribution in [1.29, 1.82) is 0 Å². The van der Waals surface area contributed by atoms with Crippen LogP contribution in [0.3, 0.4) is 0 Å². The number of carbonyl (C=O) groups is 3. The zero-order valence-electron chi connectivity index (χ0n) is 19.0. The van der Waals surface area contributed by atoms with Crippen molar-refractivity contribution < 1.29 is 36.8 Å². The van der Waals surface area contributed by atoms with E-state index in [0.717, 1.165) is 16.7 Å². The van der Waals surface area contributed by atoms with E-state index in [-0.39, 0.29) is 32.0 Å². The van der Waals surface area contributed by atoms with Crippen molar-refractivity contribution in [3.05, 3.63) is 54.1 Å². The smallest absolute Gasteiger partial charge is 0.407 e. The fourth-order valence-electron chi connectivity index (χ4n) is 3.58. The maximum Gasteiger partial charge on any atom is 0.407 e. The summed E-state index contributed by atoms with van der Waals surface area (Å²) in [5, 5.41) is 11.8. The average molecular weight is 506 g/mol. The van der Waals surface area contributed by atoms with Gasteiger partial charge in [-0.15, -0.1) is 0 Å². The van der Waals surface area contributed by atoms with Crippen LogP contribution in [0.25, 0.3) is 11.1 Å². The molecule has 2 atom stereocenters. The van der Waals surface area contributed by atoms with E-state index in [2.05, 4.69) is 5.32 Å². The van der Waals surface area contributed by atoms with Crippen LogP contribution in [0.5, 0.6) is 5.75 Å². The topological polar surface area (TPSA) is 165 Å². The highest BCUT2D eigenvalue weighted by atomic mass is 32.2. The standard InChI is InChI=1S/C23H27N3O8S/c1-35(31,32)34-18-5-2-4-17(12-18)15-6-8-16(9-7-15)21(27)19(13-24)25-22(28)20-14-26(23(29)30)10-3-11-33-20/h2,4-9,12,19-20H,3,10-11,13-14,24H2,1H3,(H,25,28)(H,29,30)/t19?,20-/m0/s1. The third-order valence-corrected chi connectivity index (χ3v) is 5.79. The second-order valence-electron chi connectivity index (χ2n) is 8.00. The van der Waals surface area contributed by atoms with Crippen molar-refractivity contribution in [3.8, 4) is 16.9 Å². The van der Waals surface area contributed by atoms with E-state index in [1.54, 1.807) is 42.5 Å². The van der Waals surface area contributed by atoms with Gasteiger partial charge in [-0.1, -0.05) is 36.4 Å².